The lowest BCUT2D eigenvalue weighted by atomic mass is 10.0. The molecule has 5 heteroatoms. The Bertz CT molecular complexity index is 820. The molecule has 1 saturated heterocycles. The number of nitrogens with zero attached hydrogens (tertiary/aromatic N) is 1. The molecule has 0 bridgehead atoms. The first-order valence-electron chi connectivity index (χ1n) is 7.54. The van der Waals surface area contributed by atoms with E-state index >= 15 is 0 Å². The van der Waals surface area contributed by atoms with Crippen LogP contribution in [0.15, 0.2) is 47.4 Å². The van der Waals surface area contributed by atoms with Crippen LogP contribution in [0, 0.1) is 5.92 Å². The van der Waals surface area contributed by atoms with Crippen LogP contribution >= 0.6 is 0 Å². The van der Waals surface area contributed by atoms with Crippen LogP contribution in [-0.4, -0.2) is 33.4 Å². The van der Waals surface area contributed by atoms with E-state index in [-0.39, 0.29) is 0 Å². The molecule has 3 rings (SSSR count). The summed E-state index contributed by atoms with van der Waals surface area (Å²) in [4.78, 5) is 12.1. The molecular formula is C17H20N2O2S. The van der Waals surface area contributed by atoms with E-state index in [1.54, 1.807) is 10.4 Å². The minimum atomic E-state index is -2.97. The van der Waals surface area contributed by atoms with Gasteiger partial charge >= 0.3 is 0 Å². The highest BCUT2D eigenvalue weighted by atomic mass is 32.2. The molecule has 0 aromatic heterocycles. The molecule has 116 valence electrons. The number of hydrogen-bond acceptors (Lipinski definition) is 3. The van der Waals surface area contributed by atoms with Crippen molar-refractivity contribution in [3.05, 3.63) is 42.5 Å². The lowest BCUT2D eigenvalue weighted by molar-refractivity contribution is 0.280. The van der Waals surface area contributed by atoms with Gasteiger partial charge in [0.25, 0.3) is 0 Å². The Balaban J connectivity index is 2.04. The fraction of sp³-hybridized carbons (Fsp3) is 0.353. The fourth-order valence-electron chi connectivity index (χ4n) is 3.04. The summed E-state index contributed by atoms with van der Waals surface area (Å²) in [6.45, 7) is 1.80. The van der Waals surface area contributed by atoms with Crippen molar-refractivity contribution in [3.8, 4) is 0 Å². The van der Waals surface area contributed by atoms with Crippen LogP contribution in [0.25, 0.3) is 10.8 Å². The first-order valence-corrected chi connectivity index (χ1v) is 9.06. The second-order valence-corrected chi connectivity index (χ2v) is 7.96. The number of hydrogen-bond donors (Lipinski definition) is 1. The average Bonchev–Trinajstić information content (AvgIpc) is 2.60. The van der Waals surface area contributed by atoms with Crippen LogP contribution in [0.2, 0.25) is 0 Å². The van der Waals surface area contributed by atoms with Gasteiger partial charge in [0.2, 0.25) is 5.23 Å². The largest absolute Gasteiger partial charge is 0.330 e. The molecule has 1 aliphatic heterocycles. The summed E-state index contributed by atoms with van der Waals surface area (Å²) in [5.41, 5.74) is 5.75. The van der Waals surface area contributed by atoms with Gasteiger partial charge in [-0.2, -0.15) is 0 Å². The molecule has 2 N–H and O–H groups in total. The molecular weight excluding hydrogens is 296 g/mol. The van der Waals surface area contributed by atoms with Gasteiger partial charge in [0, 0.05) is 13.1 Å². The van der Waals surface area contributed by atoms with Gasteiger partial charge in [-0.15, -0.1) is 0 Å². The molecule has 4 nitrogen and oxygen atoms in total. The quantitative estimate of drug-likeness (QED) is 0.882. The molecule has 0 amide bonds. The minimum absolute atomic E-state index is 0.295. The van der Waals surface area contributed by atoms with Gasteiger partial charge in [0.05, 0.1) is 4.90 Å². The Morgan fingerprint density at radius 2 is 2.00 bits per heavy atom. The zero-order valence-electron chi connectivity index (χ0n) is 12.4. The first kappa shape index (κ1) is 15.3. The molecule has 1 fully saturated rings. The fourth-order valence-corrected chi connectivity index (χ4v) is 4.89. The van der Waals surface area contributed by atoms with E-state index in [4.69, 9.17) is 5.73 Å². The van der Waals surface area contributed by atoms with Gasteiger partial charge in [0.1, 0.15) is 9.71 Å². The maximum atomic E-state index is 13.3. The minimum Gasteiger partial charge on any atom is -0.330 e. The molecule has 2 atom stereocenters. The summed E-state index contributed by atoms with van der Waals surface area (Å²) >= 11 is 0. The van der Waals surface area contributed by atoms with Crippen molar-refractivity contribution in [2.45, 2.75) is 17.7 Å². The maximum Gasteiger partial charge on any atom is 0.205 e. The summed E-state index contributed by atoms with van der Waals surface area (Å²) in [6, 6.07) is 13.4. The van der Waals surface area contributed by atoms with E-state index in [2.05, 4.69) is 0 Å². The van der Waals surface area contributed by atoms with Crippen molar-refractivity contribution in [2.75, 3.05) is 19.6 Å². The molecule has 0 radical (unpaired) electrons. The van der Waals surface area contributed by atoms with Crippen molar-refractivity contribution in [1.82, 2.24) is 4.31 Å². The van der Waals surface area contributed by atoms with Crippen LogP contribution in [0.3, 0.4) is 0 Å². The third kappa shape index (κ3) is 2.69. The molecule has 22 heavy (non-hydrogen) atoms. The van der Waals surface area contributed by atoms with Crippen LogP contribution in [-0.2, 0) is 14.5 Å². The number of benzene rings is 2. The van der Waals surface area contributed by atoms with Gasteiger partial charge in [-0.05, 0) is 48.2 Å². The SMILES string of the molecule is NCC1CCCN(S(=O)(=C=O)c2ccc3ccccc3c2)C1. The number of nitrogens with two attached hydrogens (primary N) is 1. The topological polar surface area (TPSA) is 63.4 Å². The van der Waals surface area contributed by atoms with Gasteiger partial charge in [0.15, 0.2) is 0 Å². The molecule has 0 saturated carbocycles. The first-order chi connectivity index (χ1) is 10.7. The summed E-state index contributed by atoms with van der Waals surface area (Å²) in [7, 11) is -2.97. The van der Waals surface area contributed by atoms with E-state index in [1.165, 1.54) is 0 Å². The second-order valence-electron chi connectivity index (χ2n) is 5.75. The Morgan fingerprint density at radius 1 is 1.23 bits per heavy atom. The number of piperidine rings is 1. The second kappa shape index (κ2) is 6.23. The van der Waals surface area contributed by atoms with Crippen LogP contribution in [0.4, 0.5) is 0 Å². The predicted molar refractivity (Wildman–Crippen MR) is 89.4 cm³/mol. The van der Waals surface area contributed by atoms with Gasteiger partial charge in [-0.25, -0.2) is 13.3 Å². The van der Waals surface area contributed by atoms with Gasteiger partial charge in [-0.1, -0.05) is 30.3 Å². The lowest BCUT2D eigenvalue weighted by Crippen LogP contribution is -2.42. The van der Waals surface area contributed by atoms with Crippen molar-refractivity contribution >= 4 is 25.7 Å². The molecule has 0 aliphatic carbocycles. The third-order valence-corrected chi connectivity index (χ3v) is 6.51. The lowest BCUT2D eigenvalue weighted by Gasteiger charge is -2.33. The van der Waals surface area contributed by atoms with Gasteiger partial charge in [-0.3, -0.25) is 0 Å². The Morgan fingerprint density at radius 3 is 2.73 bits per heavy atom. The summed E-state index contributed by atoms with van der Waals surface area (Å²) < 4.78 is 15.0. The van der Waals surface area contributed by atoms with E-state index in [9.17, 15) is 9.00 Å². The Hall–Kier alpha value is -1.65. The van der Waals surface area contributed by atoms with Crippen molar-refractivity contribution in [1.29, 1.82) is 0 Å². The normalized spacial score (nSPS) is 22.1. The smallest absolute Gasteiger partial charge is 0.205 e. The maximum absolute atomic E-state index is 13.3. The average molecular weight is 316 g/mol. The van der Waals surface area contributed by atoms with Gasteiger partial charge < -0.3 is 5.73 Å². The Labute approximate surface area is 131 Å². The molecule has 2 unspecified atom stereocenters. The predicted octanol–water partition coefficient (Wildman–Crippen LogP) is 2.14. The highest BCUT2D eigenvalue weighted by Gasteiger charge is 2.28. The van der Waals surface area contributed by atoms with E-state index in [0.717, 1.165) is 23.6 Å². The number of rotatable bonds is 3. The summed E-state index contributed by atoms with van der Waals surface area (Å²) in [5, 5.41) is 3.89. The van der Waals surface area contributed by atoms with E-state index < -0.39 is 9.71 Å². The van der Waals surface area contributed by atoms with Crippen molar-refractivity contribution < 1.29 is 9.00 Å². The van der Waals surface area contributed by atoms with Crippen LogP contribution in [0.1, 0.15) is 12.8 Å². The molecule has 2 aromatic rings. The van der Waals surface area contributed by atoms with Crippen molar-refractivity contribution in [2.24, 2.45) is 11.7 Å². The van der Waals surface area contributed by atoms with Crippen LogP contribution < -0.4 is 5.73 Å². The summed E-state index contributed by atoms with van der Waals surface area (Å²) in [5.74, 6) is 0.295. The third-order valence-electron chi connectivity index (χ3n) is 4.33. The standard InChI is InChI=1S/C17H20N2O2S/c18-11-14-4-3-9-19(12-14)22(21,13-20)17-8-7-15-5-1-2-6-16(15)10-17/h1-2,5-8,10,14H,3-4,9,11-12,18H2. The zero-order chi connectivity index (χ0) is 15.6. The van der Waals surface area contributed by atoms with E-state index in [0.29, 0.717) is 30.4 Å². The monoisotopic (exact) mass is 316 g/mol. The number of fused-ring (bicyclic) bond motifs is 1. The molecule has 0 spiro atoms. The van der Waals surface area contributed by atoms with E-state index in [1.807, 2.05) is 41.6 Å². The molecule has 1 aliphatic rings. The van der Waals surface area contributed by atoms with Crippen LogP contribution in [0.5, 0.6) is 0 Å². The van der Waals surface area contributed by atoms with Crippen molar-refractivity contribution in [3.63, 3.8) is 0 Å². The Kier molecular flexibility index (Phi) is 4.32. The molecule has 2 aromatic carbocycles. The summed E-state index contributed by atoms with van der Waals surface area (Å²) in [6.07, 6.45) is 1.94. The zero-order valence-corrected chi connectivity index (χ0v) is 13.2. The highest BCUT2D eigenvalue weighted by Crippen LogP contribution is 2.26. The number of carbonyl (C=O) groups excluding carboxylic acids is 1. The highest BCUT2D eigenvalue weighted by molar-refractivity contribution is 7.98. The molecule has 1 heterocycles.